The first-order valence-corrected chi connectivity index (χ1v) is 5.31. The molecule has 0 atom stereocenters. The average Bonchev–Trinajstić information content (AvgIpc) is 2.35. The fourth-order valence-corrected chi connectivity index (χ4v) is 1.29. The maximum Gasteiger partial charge on any atom is 0.310 e. The summed E-state index contributed by atoms with van der Waals surface area (Å²) in [5.41, 5.74) is 0.729. The normalized spacial score (nSPS) is 9.33. The zero-order valence-electron chi connectivity index (χ0n) is 9.57. The van der Waals surface area contributed by atoms with E-state index in [-0.39, 0.29) is 18.9 Å². The van der Waals surface area contributed by atoms with E-state index in [2.05, 4.69) is 10.6 Å². The lowest BCUT2D eigenvalue weighted by Crippen LogP contribution is -2.40. The molecular formula is C12H12FN3O2. The van der Waals surface area contributed by atoms with E-state index in [0.29, 0.717) is 6.42 Å². The Morgan fingerprint density at radius 1 is 1.28 bits per heavy atom. The molecule has 2 N–H and O–H groups in total. The van der Waals surface area contributed by atoms with E-state index in [1.807, 2.05) is 0 Å². The van der Waals surface area contributed by atoms with Crippen LogP contribution in [0.25, 0.3) is 0 Å². The summed E-state index contributed by atoms with van der Waals surface area (Å²) >= 11 is 0. The highest BCUT2D eigenvalue weighted by Crippen LogP contribution is 2.03. The van der Waals surface area contributed by atoms with E-state index >= 15 is 0 Å². The van der Waals surface area contributed by atoms with Crippen molar-refractivity contribution in [1.82, 2.24) is 10.6 Å². The molecule has 0 aliphatic heterocycles. The van der Waals surface area contributed by atoms with Gasteiger partial charge >= 0.3 is 11.8 Å². The van der Waals surface area contributed by atoms with Crippen LogP contribution in [0.4, 0.5) is 4.39 Å². The third kappa shape index (κ3) is 4.61. The van der Waals surface area contributed by atoms with Gasteiger partial charge in [0.15, 0.2) is 0 Å². The van der Waals surface area contributed by atoms with Gasteiger partial charge in [-0.05, 0) is 24.1 Å². The van der Waals surface area contributed by atoms with Crippen molar-refractivity contribution in [2.45, 2.75) is 6.42 Å². The molecule has 18 heavy (non-hydrogen) atoms. The SMILES string of the molecule is N#CCNC(=O)C(=O)NCCc1cccc(F)c1. The van der Waals surface area contributed by atoms with Crippen molar-refractivity contribution in [3.8, 4) is 6.07 Å². The van der Waals surface area contributed by atoms with E-state index in [1.165, 1.54) is 12.1 Å². The Balaban J connectivity index is 2.32. The third-order valence-electron chi connectivity index (χ3n) is 2.12. The number of amides is 2. The van der Waals surface area contributed by atoms with Crippen molar-refractivity contribution in [2.24, 2.45) is 0 Å². The quantitative estimate of drug-likeness (QED) is 0.587. The van der Waals surface area contributed by atoms with Gasteiger partial charge in [-0.2, -0.15) is 5.26 Å². The summed E-state index contributed by atoms with van der Waals surface area (Å²) in [5.74, 6) is -2.00. The summed E-state index contributed by atoms with van der Waals surface area (Å²) in [6, 6.07) is 7.68. The van der Waals surface area contributed by atoms with E-state index in [4.69, 9.17) is 5.26 Å². The van der Waals surface area contributed by atoms with Crippen molar-refractivity contribution in [1.29, 1.82) is 5.26 Å². The van der Waals surface area contributed by atoms with Gasteiger partial charge < -0.3 is 10.6 Å². The molecule has 0 fully saturated rings. The van der Waals surface area contributed by atoms with Gasteiger partial charge in [-0.1, -0.05) is 12.1 Å². The minimum Gasteiger partial charge on any atom is -0.348 e. The van der Waals surface area contributed by atoms with Crippen molar-refractivity contribution < 1.29 is 14.0 Å². The van der Waals surface area contributed by atoms with Gasteiger partial charge in [0, 0.05) is 6.54 Å². The van der Waals surface area contributed by atoms with Crippen LogP contribution in [0.3, 0.4) is 0 Å². The number of nitrogens with one attached hydrogen (secondary N) is 2. The molecule has 1 rings (SSSR count). The molecule has 5 nitrogen and oxygen atoms in total. The topological polar surface area (TPSA) is 82.0 Å². The van der Waals surface area contributed by atoms with Crippen LogP contribution in [0.15, 0.2) is 24.3 Å². The van der Waals surface area contributed by atoms with Gasteiger partial charge in [0.2, 0.25) is 0 Å². The first kappa shape index (κ1) is 13.6. The summed E-state index contributed by atoms with van der Waals surface area (Å²) in [6.45, 7) is 0.0123. The summed E-state index contributed by atoms with van der Waals surface area (Å²) in [6.07, 6.45) is 0.426. The largest absolute Gasteiger partial charge is 0.348 e. The van der Waals surface area contributed by atoms with E-state index in [1.54, 1.807) is 18.2 Å². The molecule has 1 aromatic rings. The van der Waals surface area contributed by atoms with Crippen molar-refractivity contribution in [3.63, 3.8) is 0 Å². The summed E-state index contributed by atoms with van der Waals surface area (Å²) in [4.78, 5) is 22.3. The molecule has 0 aliphatic carbocycles. The van der Waals surface area contributed by atoms with E-state index in [0.717, 1.165) is 5.56 Å². The Hall–Kier alpha value is -2.42. The standard InChI is InChI=1S/C12H12FN3O2/c13-10-3-1-2-9(8-10)4-6-15-11(17)12(18)16-7-5-14/h1-3,8H,4,6-7H2,(H,15,17)(H,16,18). The molecule has 0 bridgehead atoms. The Bertz CT molecular complexity index is 482. The molecule has 1 aromatic carbocycles. The fraction of sp³-hybridized carbons (Fsp3) is 0.250. The molecule has 0 aliphatic rings. The van der Waals surface area contributed by atoms with Gasteiger partial charge in [0.25, 0.3) is 0 Å². The van der Waals surface area contributed by atoms with Gasteiger partial charge in [-0.25, -0.2) is 4.39 Å². The number of carbonyl (C=O) groups is 2. The smallest absolute Gasteiger partial charge is 0.310 e. The Morgan fingerprint density at radius 2 is 2.00 bits per heavy atom. The van der Waals surface area contributed by atoms with E-state index < -0.39 is 11.8 Å². The molecule has 6 heteroatoms. The number of halogens is 1. The molecule has 0 saturated carbocycles. The highest BCUT2D eigenvalue weighted by Gasteiger charge is 2.11. The minimum atomic E-state index is -0.851. The molecule has 2 amide bonds. The van der Waals surface area contributed by atoms with Crippen LogP contribution < -0.4 is 10.6 Å². The number of nitrogens with zero attached hydrogens (tertiary/aromatic N) is 1. The van der Waals surface area contributed by atoms with Gasteiger partial charge in [0.1, 0.15) is 12.4 Å². The zero-order chi connectivity index (χ0) is 13.4. The number of benzene rings is 1. The van der Waals surface area contributed by atoms with Crippen LogP contribution in [0.5, 0.6) is 0 Å². The van der Waals surface area contributed by atoms with Gasteiger partial charge in [0.05, 0.1) is 6.07 Å². The summed E-state index contributed by atoms with van der Waals surface area (Å²) in [5, 5.41) is 12.7. The number of carbonyl (C=O) groups excluding carboxylic acids is 2. The second kappa shape index (κ2) is 7.01. The molecule has 0 heterocycles. The van der Waals surface area contributed by atoms with Crippen molar-refractivity contribution >= 4 is 11.8 Å². The first-order valence-electron chi connectivity index (χ1n) is 5.31. The molecule has 0 radical (unpaired) electrons. The Labute approximate surface area is 104 Å². The molecule has 0 saturated heterocycles. The fourth-order valence-electron chi connectivity index (χ4n) is 1.29. The predicted octanol–water partition coefficient (Wildman–Crippen LogP) is 0.124. The van der Waals surface area contributed by atoms with Crippen LogP contribution >= 0.6 is 0 Å². The van der Waals surface area contributed by atoms with Crippen LogP contribution in [-0.4, -0.2) is 24.9 Å². The average molecular weight is 249 g/mol. The van der Waals surface area contributed by atoms with Crippen LogP contribution in [-0.2, 0) is 16.0 Å². The maximum atomic E-state index is 12.8. The lowest BCUT2D eigenvalue weighted by molar-refractivity contribution is -0.139. The zero-order valence-corrected chi connectivity index (χ0v) is 9.57. The molecule has 94 valence electrons. The third-order valence-corrected chi connectivity index (χ3v) is 2.12. The Kier molecular flexibility index (Phi) is 5.32. The lowest BCUT2D eigenvalue weighted by Gasteiger charge is -2.04. The molecule has 0 unspecified atom stereocenters. The van der Waals surface area contributed by atoms with E-state index in [9.17, 15) is 14.0 Å². The number of hydrogen-bond donors (Lipinski definition) is 2. The van der Waals surface area contributed by atoms with Crippen molar-refractivity contribution in [3.05, 3.63) is 35.6 Å². The number of nitriles is 1. The second-order valence-corrected chi connectivity index (χ2v) is 3.48. The van der Waals surface area contributed by atoms with Crippen LogP contribution in [0, 0.1) is 17.1 Å². The monoisotopic (exact) mass is 249 g/mol. The van der Waals surface area contributed by atoms with Crippen LogP contribution in [0.2, 0.25) is 0 Å². The Morgan fingerprint density at radius 3 is 2.67 bits per heavy atom. The number of rotatable bonds is 4. The number of hydrogen-bond acceptors (Lipinski definition) is 3. The molecular weight excluding hydrogens is 237 g/mol. The van der Waals surface area contributed by atoms with Gasteiger partial charge in [-0.3, -0.25) is 9.59 Å². The predicted molar refractivity (Wildman–Crippen MR) is 61.7 cm³/mol. The minimum absolute atomic E-state index is 0.212. The van der Waals surface area contributed by atoms with Crippen LogP contribution in [0.1, 0.15) is 5.56 Å². The summed E-state index contributed by atoms with van der Waals surface area (Å²) in [7, 11) is 0. The molecule has 0 spiro atoms. The highest BCUT2D eigenvalue weighted by atomic mass is 19.1. The highest BCUT2D eigenvalue weighted by molar-refractivity contribution is 6.35. The first-order chi connectivity index (χ1) is 8.63. The maximum absolute atomic E-state index is 12.8. The van der Waals surface area contributed by atoms with Crippen molar-refractivity contribution in [2.75, 3.05) is 13.1 Å². The second-order valence-electron chi connectivity index (χ2n) is 3.48. The lowest BCUT2D eigenvalue weighted by atomic mass is 10.1. The summed E-state index contributed by atoms with van der Waals surface area (Å²) < 4.78 is 12.8. The molecule has 0 aromatic heterocycles. The van der Waals surface area contributed by atoms with Gasteiger partial charge in [-0.15, -0.1) is 0 Å².